The maximum Gasteiger partial charge on any atom is 0.306 e. The second kappa shape index (κ2) is 40.1. The Hall–Kier alpha value is -2.36. The van der Waals surface area contributed by atoms with Crippen LogP contribution >= 0.6 is 0 Å². The Bertz CT molecular complexity index is 865. The topological polar surface area (TPSA) is 63.6 Å². The summed E-state index contributed by atoms with van der Waals surface area (Å²) in [6.45, 7) is 4.43. The Morgan fingerprint density at radius 3 is 1.33 bits per heavy atom. The highest BCUT2D eigenvalue weighted by molar-refractivity contribution is 5.69. The zero-order valence-electron chi connectivity index (χ0n) is 32.2. The predicted molar refractivity (Wildman–Crippen MR) is 213 cm³/mol. The summed E-state index contributed by atoms with van der Waals surface area (Å²) in [6.07, 6.45) is 55.2. The molecule has 282 valence electrons. The largest absolute Gasteiger partial charge is 0.481 e. The number of ether oxygens (including phenoxy) is 1. The molecular weight excluding hydrogens is 604 g/mol. The number of carboxylic acids is 1. The van der Waals surface area contributed by atoms with Crippen molar-refractivity contribution in [1.29, 1.82) is 0 Å². The van der Waals surface area contributed by atoms with Gasteiger partial charge in [0.2, 0.25) is 0 Å². The van der Waals surface area contributed by atoms with Gasteiger partial charge in [-0.15, -0.1) is 0 Å². The molecule has 1 N–H and O–H groups in total. The summed E-state index contributed by atoms with van der Waals surface area (Å²) in [5.74, 6) is -0.733. The van der Waals surface area contributed by atoms with Gasteiger partial charge in [-0.25, -0.2) is 0 Å². The minimum Gasteiger partial charge on any atom is -0.481 e. The number of esters is 1. The molecule has 0 spiro atoms. The highest BCUT2D eigenvalue weighted by Gasteiger charge is 2.14. The Morgan fingerprint density at radius 1 is 0.469 bits per heavy atom. The number of hydrogen-bond acceptors (Lipinski definition) is 3. The van der Waals surface area contributed by atoms with E-state index in [2.05, 4.69) is 74.6 Å². The van der Waals surface area contributed by atoms with Gasteiger partial charge in [0, 0.05) is 12.8 Å². The molecule has 0 aliphatic rings. The van der Waals surface area contributed by atoms with E-state index in [-0.39, 0.29) is 18.5 Å². The summed E-state index contributed by atoms with van der Waals surface area (Å²) < 4.78 is 6.00. The fraction of sp³-hybridized carbons (Fsp3) is 0.733. The van der Waals surface area contributed by atoms with E-state index in [1.165, 1.54) is 70.6 Å². The Labute approximate surface area is 304 Å². The van der Waals surface area contributed by atoms with Crippen LogP contribution in [-0.2, 0) is 14.3 Å². The van der Waals surface area contributed by atoms with Crippen molar-refractivity contribution in [2.45, 2.75) is 213 Å². The van der Waals surface area contributed by atoms with Crippen molar-refractivity contribution in [1.82, 2.24) is 0 Å². The van der Waals surface area contributed by atoms with Crippen molar-refractivity contribution in [2.24, 2.45) is 0 Å². The maximum absolute atomic E-state index is 12.7. The third kappa shape index (κ3) is 40.0. The van der Waals surface area contributed by atoms with Crippen molar-refractivity contribution >= 4 is 11.9 Å². The summed E-state index contributed by atoms with van der Waals surface area (Å²) in [6, 6.07) is 0. The molecule has 0 radical (unpaired) electrons. The monoisotopic (exact) mass is 683 g/mol. The van der Waals surface area contributed by atoms with Crippen LogP contribution in [0.15, 0.2) is 60.8 Å². The van der Waals surface area contributed by atoms with Crippen LogP contribution in [-0.4, -0.2) is 23.1 Å². The molecule has 0 saturated carbocycles. The molecule has 4 heteroatoms. The second-order valence-corrected chi connectivity index (χ2v) is 13.8. The standard InChI is InChI=1S/C45H78O4/c1-3-5-7-9-11-13-15-17-18-19-20-21-22-23-25-27-29-34-38-42-45(48)49-43(40-36-32-30-33-37-41-44(46)47)39-35-31-28-26-24-16-14-12-10-8-6-4-2/h5,7,11,13,17-18,20-21,23,25,43H,3-4,6,8-10,12,14-16,19,22,24,26-42H2,1-2H3,(H,46,47)/b7-5-,13-11-,18-17-,21-20-,25-23-. The number of allylic oxidation sites excluding steroid dienone is 10. The number of hydrogen-bond donors (Lipinski definition) is 1. The van der Waals surface area contributed by atoms with Crippen LogP contribution in [0.2, 0.25) is 0 Å². The lowest BCUT2D eigenvalue weighted by atomic mass is 10.0. The molecule has 0 bridgehead atoms. The lowest BCUT2D eigenvalue weighted by Gasteiger charge is -2.18. The highest BCUT2D eigenvalue weighted by atomic mass is 16.5. The van der Waals surface area contributed by atoms with Crippen LogP contribution in [0.1, 0.15) is 206 Å². The molecule has 0 heterocycles. The van der Waals surface area contributed by atoms with Gasteiger partial charge in [0.05, 0.1) is 0 Å². The Morgan fingerprint density at radius 2 is 0.857 bits per heavy atom. The maximum atomic E-state index is 12.7. The van der Waals surface area contributed by atoms with Gasteiger partial charge in [0.15, 0.2) is 0 Å². The minimum absolute atomic E-state index is 0.0275. The number of aliphatic carboxylic acids is 1. The normalized spacial score (nSPS) is 12.9. The van der Waals surface area contributed by atoms with Crippen LogP contribution < -0.4 is 0 Å². The van der Waals surface area contributed by atoms with Crippen molar-refractivity contribution in [3.8, 4) is 0 Å². The molecule has 1 atom stereocenters. The minimum atomic E-state index is -0.705. The summed E-state index contributed by atoms with van der Waals surface area (Å²) in [7, 11) is 0. The molecule has 1 unspecified atom stereocenters. The highest BCUT2D eigenvalue weighted by Crippen LogP contribution is 2.19. The van der Waals surface area contributed by atoms with Crippen LogP contribution in [0.25, 0.3) is 0 Å². The molecular formula is C45H78O4. The summed E-state index contributed by atoms with van der Waals surface area (Å²) in [5.41, 5.74) is 0. The predicted octanol–water partition coefficient (Wildman–Crippen LogP) is 14.5. The fourth-order valence-electron chi connectivity index (χ4n) is 5.98. The average molecular weight is 683 g/mol. The average Bonchev–Trinajstić information content (AvgIpc) is 3.09. The van der Waals surface area contributed by atoms with Gasteiger partial charge in [-0.3, -0.25) is 9.59 Å². The van der Waals surface area contributed by atoms with Gasteiger partial charge >= 0.3 is 11.9 Å². The van der Waals surface area contributed by atoms with Crippen molar-refractivity contribution < 1.29 is 19.4 Å². The van der Waals surface area contributed by atoms with E-state index in [0.717, 1.165) is 109 Å². The number of unbranched alkanes of at least 4 members (excludes halogenated alkanes) is 18. The first-order valence-electron chi connectivity index (χ1n) is 20.8. The number of carboxylic acid groups (broad SMARTS) is 1. The number of carbonyl (C=O) groups is 2. The number of rotatable bonds is 37. The summed E-state index contributed by atoms with van der Waals surface area (Å²) in [4.78, 5) is 23.4. The molecule has 0 aliphatic carbocycles. The van der Waals surface area contributed by atoms with Crippen LogP contribution in [0.5, 0.6) is 0 Å². The van der Waals surface area contributed by atoms with E-state index in [1.807, 2.05) is 0 Å². The second-order valence-electron chi connectivity index (χ2n) is 13.8. The van der Waals surface area contributed by atoms with E-state index in [1.54, 1.807) is 0 Å². The third-order valence-corrected chi connectivity index (χ3v) is 9.00. The van der Waals surface area contributed by atoms with Gasteiger partial charge in [-0.05, 0) is 83.5 Å². The lowest BCUT2D eigenvalue weighted by molar-refractivity contribution is -0.150. The molecule has 4 nitrogen and oxygen atoms in total. The van der Waals surface area contributed by atoms with E-state index >= 15 is 0 Å². The van der Waals surface area contributed by atoms with E-state index < -0.39 is 5.97 Å². The van der Waals surface area contributed by atoms with Gasteiger partial charge in [-0.1, -0.05) is 171 Å². The summed E-state index contributed by atoms with van der Waals surface area (Å²) >= 11 is 0. The van der Waals surface area contributed by atoms with Crippen LogP contribution in [0.3, 0.4) is 0 Å². The molecule has 0 saturated heterocycles. The molecule has 0 aromatic carbocycles. The molecule has 0 fully saturated rings. The lowest BCUT2D eigenvalue weighted by Crippen LogP contribution is -2.18. The molecule has 0 aromatic rings. The van der Waals surface area contributed by atoms with Crippen molar-refractivity contribution in [3.05, 3.63) is 60.8 Å². The van der Waals surface area contributed by atoms with E-state index in [0.29, 0.717) is 6.42 Å². The van der Waals surface area contributed by atoms with E-state index in [4.69, 9.17) is 9.84 Å². The van der Waals surface area contributed by atoms with E-state index in [9.17, 15) is 9.59 Å². The van der Waals surface area contributed by atoms with Crippen LogP contribution in [0, 0.1) is 0 Å². The first-order valence-corrected chi connectivity index (χ1v) is 20.8. The molecule has 0 amide bonds. The SMILES string of the molecule is CC/C=C\C/C=C\C/C=C\C/C=C\C/C=C\CCCCCC(=O)OC(CCCCCCCCCCCCCC)CCCCCCCC(=O)O. The van der Waals surface area contributed by atoms with Gasteiger partial charge in [0.25, 0.3) is 0 Å². The summed E-state index contributed by atoms with van der Waals surface area (Å²) in [5, 5.41) is 8.83. The zero-order chi connectivity index (χ0) is 35.7. The molecule has 0 aromatic heterocycles. The van der Waals surface area contributed by atoms with Crippen molar-refractivity contribution in [3.63, 3.8) is 0 Å². The Balaban J connectivity index is 4.10. The first kappa shape index (κ1) is 46.6. The molecule has 0 aliphatic heterocycles. The third-order valence-electron chi connectivity index (χ3n) is 9.00. The number of carbonyl (C=O) groups excluding carboxylic acids is 1. The molecule has 0 rings (SSSR count). The van der Waals surface area contributed by atoms with Gasteiger partial charge in [-0.2, -0.15) is 0 Å². The van der Waals surface area contributed by atoms with Gasteiger partial charge in [0.1, 0.15) is 6.10 Å². The first-order chi connectivity index (χ1) is 24.1. The molecule has 49 heavy (non-hydrogen) atoms. The van der Waals surface area contributed by atoms with Crippen LogP contribution in [0.4, 0.5) is 0 Å². The fourth-order valence-corrected chi connectivity index (χ4v) is 5.98. The Kier molecular flexibility index (Phi) is 38.1. The van der Waals surface area contributed by atoms with Gasteiger partial charge < -0.3 is 9.84 Å². The zero-order valence-corrected chi connectivity index (χ0v) is 32.2. The smallest absolute Gasteiger partial charge is 0.306 e. The quantitative estimate of drug-likeness (QED) is 0.0402. The van der Waals surface area contributed by atoms with Crippen molar-refractivity contribution in [2.75, 3.05) is 0 Å².